The number of nitrogen functional groups attached to an aromatic ring is 1. The molecule has 0 amide bonds. The number of fused-ring (bicyclic) bond motifs is 1. The lowest BCUT2D eigenvalue weighted by Crippen LogP contribution is -2.31. The van der Waals surface area contributed by atoms with Crippen LogP contribution in [0.25, 0.3) is 16.7 Å². The second-order valence-electron chi connectivity index (χ2n) is 3.97. The van der Waals surface area contributed by atoms with Crippen molar-refractivity contribution in [2.75, 3.05) is 5.84 Å². The molecule has 0 aliphatic rings. The number of aromatic nitrogens is 4. The molecule has 2 heterocycles. The summed E-state index contributed by atoms with van der Waals surface area (Å²) in [5.41, 5.74) is 0.913. The summed E-state index contributed by atoms with van der Waals surface area (Å²) in [5, 5.41) is 4.55. The van der Waals surface area contributed by atoms with Crippen LogP contribution in [-0.4, -0.2) is 19.4 Å². The van der Waals surface area contributed by atoms with Gasteiger partial charge in [-0.25, -0.2) is 14.3 Å². The fraction of sp³-hybridized carbons (Fsp3) is 0.0833. The molecular formula is C12H10ClN5O. The molecule has 0 saturated heterocycles. The van der Waals surface area contributed by atoms with Gasteiger partial charge in [-0.1, -0.05) is 18.2 Å². The molecule has 0 unspecified atom stereocenters. The van der Waals surface area contributed by atoms with Crippen LogP contribution < -0.4 is 11.4 Å². The van der Waals surface area contributed by atoms with Crippen molar-refractivity contribution >= 4 is 22.6 Å². The molecule has 96 valence electrons. The molecule has 0 saturated carbocycles. The third-order valence-electron chi connectivity index (χ3n) is 2.83. The first kappa shape index (κ1) is 11.7. The molecule has 0 radical (unpaired) electrons. The van der Waals surface area contributed by atoms with Crippen molar-refractivity contribution in [1.82, 2.24) is 19.4 Å². The van der Waals surface area contributed by atoms with Crippen LogP contribution in [0.2, 0.25) is 0 Å². The number of hydrogen-bond donors (Lipinski definition) is 1. The van der Waals surface area contributed by atoms with E-state index in [9.17, 15) is 4.79 Å². The standard InChI is InChI=1S/C12H10ClN5O/c13-6-10-16-11-9(12(19)17(10)14)7-15-18(11)8-4-2-1-3-5-8/h1-5,7H,6,14H2. The molecule has 3 rings (SSSR count). The molecule has 0 spiro atoms. The fourth-order valence-electron chi connectivity index (χ4n) is 1.88. The van der Waals surface area contributed by atoms with Crippen molar-refractivity contribution in [2.24, 2.45) is 0 Å². The third-order valence-corrected chi connectivity index (χ3v) is 3.07. The topological polar surface area (TPSA) is 78.7 Å². The summed E-state index contributed by atoms with van der Waals surface area (Å²) in [4.78, 5) is 16.3. The van der Waals surface area contributed by atoms with Crippen molar-refractivity contribution in [1.29, 1.82) is 0 Å². The second-order valence-corrected chi connectivity index (χ2v) is 4.23. The van der Waals surface area contributed by atoms with Gasteiger partial charge in [0, 0.05) is 0 Å². The van der Waals surface area contributed by atoms with Crippen LogP contribution in [0.5, 0.6) is 0 Å². The predicted octanol–water partition coefficient (Wildman–Crippen LogP) is 1.03. The minimum atomic E-state index is -0.358. The molecule has 6 nitrogen and oxygen atoms in total. The van der Waals surface area contributed by atoms with Gasteiger partial charge in [0.2, 0.25) is 0 Å². The largest absolute Gasteiger partial charge is 0.335 e. The Hall–Kier alpha value is -2.34. The summed E-state index contributed by atoms with van der Waals surface area (Å²) in [6.07, 6.45) is 1.46. The Bertz CT molecular complexity index is 793. The first-order valence-electron chi connectivity index (χ1n) is 5.58. The van der Waals surface area contributed by atoms with Gasteiger partial charge in [0.15, 0.2) is 5.65 Å². The van der Waals surface area contributed by atoms with Crippen molar-refractivity contribution in [2.45, 2.75) is 5.88 Å². The molecule has 2 N–H and O–H groups in total. The number of hydrogen-bond acceptors (Lipinski definition) is 4. The van der Waals surface area contributed by atoms with Crippen LogP contribution in [0.4, 0.5) is 0 Å². The predicted molar refractivity (Wildman–Crippen MR) is 72.8 cm³/mol. The molecule has 7 heteroatoms. The lowest BCUT2D eigenvalue weighted by Gasteiger charge is -2.06. The van der Waals surface area contributed by atoms with Gasteiger partial charge in [0.05, 0.1) is 17.8 Å². The highest BCUT2D eigenvalue weighted by Gasteiger charge is 2.13. The van der Waals surface area contributed by atoms with Crippen LogP contribution in [0, 0.1) is 0 Å². The van der Waals surface area contributed by atoms with Gasteiger partial charge in [-0.2, -0.15) is 5.10 Å². The summed E-state index contributed by atoms with van der Waals surface area (Å²) in [7, 11) is 0. The number of alkyl halides is 1. The molecule has 2 aromatic heterocycles. The molecule has 0 aliphatic heterocycles. The van der Waals surface area contributed by atoms with Crippen LogP contribution in [0.1, 0.15) is 5.82 Å². The minimum absolute atomic E-state index is 0.0572. The highest BCUT2D eigenvalue weighted by Crippen LogP contribution is 2.14. The summed E-state index contributed by atoms with van der Waals surface area (Å²) < 4.78 is 2.54. The Balaban J connectivity index is 2.35. The number of para-hydroxylation sites is 1. The maximum atomic E-state index is 12.0. The number of halogens is 1. The third kappa shape index (κ3) is 1.77. The maximum absolute atomic E-state index is 12.0. The summed E-state index contributed by atoms with van der Waals surface area (Å²) in [5.74, 6) is 5.99. The van der Waals surface area contributed by atoms with Crippen molar-refractivity contribution in [3.63, 3.8) is 0 Å². The number of nitrogens with two attached hydrogens (primary N) is 1. The van der Waals surface area contributed by atoms with Crippen molar-refractivity contribution in [3.05, 3.63) is 52.7 Å². The van der Waals surface area contributed by atoms with Crippen molar-refractivity contribution in [3.8, 4) is 5.69 Å². The molecule has 0 atom stereocenters. The van der Waals surface area contributed by atoms with Gasteiger partial charge in [0.25, 0.3) is 5.56 Å². The van der Waals surface area contributed by atoms with Gasteiger partial charge in [-0.05, 0) is 12.1 Å². The van der Waals surface area contributed by atoms with E-state index in [1.807, 2.05) is 30.3 Å². The Morgan fingerprint density at radius 1 is 1.26 bits per heavy atom. The van der Waals surface area contributed by atoms with E-state index in [2.05, 4.69) is 10.1 Å². The van der Waals surface area contributed by atoms with Crippen LogP contribution in [-0.2, 0) is 5.88 Å². The zero-order valence-electron chi connectivity index (χ0n) is 9.82. The van der Waals surface area contributed by atoms with Gasteiger partial charge >= 0.3 is 0 Å². The highest BCUT2D eigenvalue weighted by atomic mass is 35.5. The van der Waals surface area contributed by atoms with E-state index in [1.54, 1.807) is 4.68 Å². The summed E-state index contributed by atoms with van der Waals surface area (Å²) >= 11 is 5.74. The Morgan fingerprint density at radius 2 is 2.00 bits per heavy atom. The van der Waals surface area contributed by atoms with E-state index >= 15 is 0 Å². The lowest BCUT2D eigenvalue weighted by atomic mass is 10.3. The fourth-order valence-corrected chi connectivity index (χ4v) is 2.06. The van der Waals surface area contributed by atoms with E-state index in [4.69, 9.17) is 17.4 Å². The smallest absolute Gasteiger partial charge is 0.283 e. The molecule has 1 aromatic carbocycles. The van der Waals surface area contributed by atoms with Crippen molar-refractivity contribution < 1.29 is 0 Å². The van der Waals surface area contributed by atoms with Gasteiger partial charge in [0.1, 0.15) is 11.2 Å². The van der Waals surface area contributed by atoms with Crippen LogP contribution in [0.15, 0.2) is 41.3 Å². The van der Waals surface area contributed by atoms with Gasteiger partial charge in [-0.15, -0.1) is 11.6 Å². The number of benzene rings is 1. The first-order chi connectivity index (χ1) is 9.22. The van der Waals surface area contributed by atoms with E-state index in [-0.39, 0.29) is 11.4 Å². The van der Waals surface area contributed by atoms with Gasteiger partial charge < -0.3 is 5.84 Å². The Labute approximate surface area is 113 Å². The van der Waals surface area contributed by atoms with E-state index in [0.717, 1.165) is 10.4 Å². The van der Waals surface area contributed by atoms with Crippen LogP contribution in [0.3, 0.4) is 0 Å². The quantitative estimate of drug-likeness (QED) is 0.560. The SMILES string of the molecule is Nn1c(CCl)nc2c(cnn2-c2ccccc2)c1=O. The minimum Gasteiger partial charge on any atom is -0.335 e. The summed E-state index contributed by atoms with van der Waals surface area (Å²) in [6.45, 7) is 0. The molecule has 3 aromatic rings. The zero-order chi connectivity index (χ0) is 13.4. The Kier molecular flexibility index (Phi) is 2.72. The number of rotatable bonds is 2. The molecule has 19 heavy (non-hydrogen) atoms. The average Bonchev–Trinajstić information content (AvgIpc) is 2.87. The molecule has 0 fully saturated rings. The lowest BCUT2D eigenvalue weighted by molar-refractivity contribution is 0.824. The monoisotopic (exact) mass is 275 g/mol. The van der Waals surface area contributed by atoms with E-state index in [0.29, 0.717) is 16.9 Å². The molecular weight excluding hydrogens is 266 g/mol. The molecule has 0 aliphatic carbocycles. The Morgan fingerprint density at radius 3 is 2.68 bits per heavy atom. The summed E-state index contributed by atoms with van der Waals surface area (Å²) in [6, 6.07) is 9.43. The molecule has 0 bridgehead atoms. The van der Waals surface area contributed by atoms with E-state index in [1.165, 1.54) is 6.20 Å². The normalized spacial score (nSPS) is 11.0. The average molecular weight is 276 g/mol. The first-order valence-corrected chi connectivity index (χ1v) is 6.12. The zero-order valence-corrected chi connectivity index (χ0v) is 10.6. The maximum Gasteiger partial charge on any atom is 0.283 e. The highest BCUT2D eigenvalue weighted by molar-refractivity contribution is 6.16. The second kappa shape index (κ2) is 4.40. The van der Waals surface area contributed by atoms with E-state index < -0.39 is 0 Å². The van der Waals surface area contributed by atoms with Gasteiger partial charge in [-0.3, -0.25) is 4.79 Å². The van der Waals surface area contributed by atoms with Crippen LogP contribution >= 0.6 is 11.6 Å². The number of nitrogens with zero attached hydrogens (tertiary/aromatic N) is 4.